The van der Waals surface area contributed by atoms with E-state index in [2.05, 4.69) is 30.2 Å². The number of halogens is 4. The van der Waals surface area contributed by atoms with Crippen LogP contribution in [0.15, 0.2) is 42.6 Å². The molecule has 0 unspecified atom stereocenters. The van der Waals surface area contributed by atoms with Gasteiger partial charge in [0.05, 0.1) is 10.6 Å². The molecule has 1 aliphatic rings. The summed E-state index contributed by atoms with van der Waals surface area (Å²) in [6.45, 7) is 6.67. The van der Waals surface area contributed by atoms with Crippen LogP contribution in [0.1, 0.15) is 19.4 Å². The van der Waals surface area contributed by atoms with Crippen molar-refractivity contribution < 1.29 is 13.2 Å². The zero-order valence-corrected chi connectivity index (χ0v) is 20.3. The van der Waals surface area contributed by atoms with Crippen molar-refractivity contribution in [1.82, 2.24) is 19.9 Å². The summed E-state index contributed by atoms with van der Waals surface area (Å²) in [5.41, 5.74) is -0.270. The van der Waals surface area contributed by atoms with Gasteiger partial charge >= 0.3 is 6.18 Å². The highest BCUT2D eigenvalue weighted by atomic mass is 35.5. The standard InChI is InChI=1S/C23H26ClF3N8/c1-15(2)33(3)21-30-20(29-17-8-6-16(7-9-17)23(25,26)27)31-22(32-21)35-13-11-34(12-14-35)19-18(24)5-4-10-28-19/h4-10,15H,11-14H2,1-3H3,(H,29,30,31,32). The van der Waals surface area contributed by atoms with E-state index in [9.17, 15) is 13.2 Å². The first-order chi connectivity index (χ1) is 16.6. The molecule has 12 heteroatoms. The van der Waals surface area contributed by atoms with E-state index >= 15 is 0 Å². The molecule has 1 N–H and O–H groups in total. The Hall–Kier alpha value is -3.34. The van der Waals surface area contributed by atoms with Gasteiger partial charge in [0.25, 0.3) is 0 Å². The summed E-state index contributed by atoms with van der Waals surface area (Å²) in [6.07, 6.45) is -2.68. The fraction of sp³-hybridized carbons (Fsp3) is 0.391. The van der Waals surface area contributed by atoms with Gasteiger partial charge in [-0.25, -0.2) is 4.98 Å². The first-order valence-electron chi connectivity index (χ1n) is 11.2. The van der Waals surface area contributed by atoms with E-state index in [4.69, 9.17) is 11.6 Å². The van der Waals surface area contributed by atoms with Gasteiger partial charge in [0.1, 0.15) is 5.82 Å². The van der Waals surface area contributed by atoms with Gasteiger partial charge in [-0.1, -0.05) is 11.6 Å². The number of nitrogens with zero attached hydrogens (tertiary/aromatic N) is 7. The van der Waals surface area contributed by atoms with Crippen LogP contribution in [0.5, 0.6) is 0 Å². The lowest BCUT2D eigenvalue weighted by molar-refractivity contribution is -0.137. The first-order valence-corrected chi connectivity index (χ1v) is 11.5. The Bertz CT molecular complexity index is 1150. The van der Waals surface area contributed by atoms with Crippen LogP contribution in [0, 0.1) is 0 Å². The maximum absolute atomic E-state index is 12.9. The highest BCUT2D eigenvalue weighted by molar-refractivity contribution is 6.32. The van der Waals surface area contributed by atoms with Crippen molar-refractivity contribution in [3.8, 4) is 0 Å². The molecular formula is C23H26ClF3N8. The second-order valence-electron chi connectivity index (χ2n) is 8.45. The van der Waals surface area contributed by atoms with E-state index in [-0.39, 0.29) is 12.0 Å². The molecule has 1 fully saturated rings. The van der Waals surface area contributed by atoms with E-state index < -0.39 is 11.7 Å². The normalized spacial score (nSPS) is 14.4. The molecule has 0 atom stereocenters. The van der Waals surface area contributed by atoms with Crippen molar-refractivity contribution in [3.63, 3.8) is 0 Å². The van der Waals surface area contributed by atoms with Gasteiger partial charge in [0.2, 0.25) is 17.8 Å². The largest absolute Gasteiger partial charge is 0.416 e. The topological polar surface area (TPSA) is 73.3 Å². The lowest BCUT2D eigenvalue weighted by Gasteiger charge is -2.36. The smallest absolute Gasteiger partial charge is 0.352 e. The number of hydrogen-bond acceptors (Lipinski definition) is 8. The van der Waals surface area contributed by atoms with E-state index in [1.54, 1.807) is 12.3 Å². The molecule has 3 aromatic rings. The van der Waals surface area contributed by atoms with Gasteiger partial charge in [-0.15, -0.1) is 0 Å². The maximum atomic E-state index is 12.9. The van der Waals surface area contributed by atoms with Crippen LogP contribution in [0.3, 0.4) is 0 Å². The van der Waals surface area contributed by atoms with Gasteiger partial charge in [0.15, 0.2) is 0 Å². The molecule has 0 radical (unpaired) electrons. The van der Waals surface area contributed by atoms with Crippen LogP contribution in [-0.4, -0.2) is 59.2 Å². The average Bonchev–Trinajstić information content (AvgIpc) is 2.83. The third-order valence-corrected chi connectivity index (χ3v) is 6.07. The SMILES string of the molecule is CC(C)N(C)c1nc(Nc2ccc(C(F)(F)F)cc2)nc(N2CCN(c3ncccc3Cl)CC2)n1. The van der Waals surface area contributed by atoms with Gasteiger partial charge in [-0.2, -0.15) is 28.1 Å². The predicted octanol–water partition coefficient (Wildman–Crippen LogP) is 4.85. The van der Waals surface area contributed by atoms with Crippen molar-refractivity contribution in [3.05, 3.63) is 53.2 Å². The lowest BCUT2D eigenvalue weighted by Crippen LogP contribution is -2.47. The average molecular weight is 507 g/mol. The zero-order chi connectivity index (χ0) is 25.2. The molecule has 0 saturated carbocycles. The molecule has 3 heterocycles. The minimum Gasteiger partial charge on any atom is -0.352 e. The number of aromatic nitrogens is 4. The minimum absolute atomic E-state index is 0.132. The van der Waals surface area contributed by atoms with Crippen molar-refractivity contribution >= 4 is 41.0 Å². The number of anilines is 5. The molecule has 1 aromatic carbocycles. The zero-order valence-electron chi connectivity index (χ0n) is 19.6. The molecule has 2 aromatic heterocycles. The fourth-order valence-electron chi connectivity index (χ4n) is 3.54. The highest BCUT2D eigenvalue weighted by Gasteiger charge is 2.30. The molecule has 8 nitrogen and oxygen atoms in total. The summed E-state index contributed by atoms with van der Waals surface area (Å²) in [7, 11) is 1.88. The van der Waals surface area contributed by atoms with Gasteiger partial charge in [-0.05, 0) is 50.2 Å². The predicted molar refractivity (Wildman–Crippen MR) is 132 cm³/mol. The summed E-state index contributed by atoms with van der Waals surface area (Å²) >= 11 is 6.30. The third-order valence-electron chi connectivity index (χ3n) is 5.77. The second kappa shape index (κ2) is 10.1. The Morgan fingerprint density at radius 2 is 1.63 bits per heavy atom. The van der Waals surface area contributed by atoms with E-state index in [0.29, 0.717) is 48.8 Å². The van der Waals surface area contributed by atoms with Crippen molar-refractivity contribution in [2.75, 3.05) is 53.2 Å². The number of rotatable bonds is 6. The molecule has 0 amide bonds. The summed E-state index contributed by atoms with van der Waals surface area (Å²) < 4.78 is 38.7. The Kier molecular flexibility index (Phi) is 7.15. The van der Waals surface area contributed by atoms with Crippen molar-refractivity contribution in [2.24, 2.45) is 0 Å². The molecule has 35 heavy (non-hydrogen) atoms. The highest BCUT2D eigenvalue weighted by Crippen LogP contribution is 2.30. The Morgan fingerprint density at radius 1 is 0.971 bits per heavy atom. The van der Waals surface area contributed by atoms with Crippen molar-refractivity contribution in [1.29, 1.82) is 0 Å². The summed E-state index contributed by atoms with van der Waals surface area (Å²) in [5.74, 6) is 1.96. The number of nitrogens with one attached hydrogen (secondary N) is 1. The number of pyridine rings is 1. The molecule has 0 bridgehead atoms. The fourth-order valence-corrected chi connectivity index (χ4v) is 3.78. The molecule has 0 spiro atoms. The van der Waals surface area contributed by atoms with E-state index in [0.717, 1.165) is 18.0 Å². The van der Waals surface area contributed by atoms with Crippen LogP contribution < -0.4 is 20.0 Å². The van der Waals surface area contributed by atoms with Crippen molar-refractivity contribution in [2.45, 2.75) is 26.1 Å². The number of benzene rings is 1. The molecule has 0 aliphatic carbocycles. The molecule has 1 aliphatic heterocycles. The number of piperazine rings is 1. The second-order valence-corrected chi connectivity index (χ2v) is 8.85. The van der Waals surface area contributed by atoms with Crippen LogP contribution in [0.25, 0.3) is 0 Å². The lowest BCUT2D eigenvalue weighted by atomic mass is 10.2. The van der Waals surface area contributed by atoms with Crippen LogP contribution >= 0.6 is 11.6 Å². The van der Waals surface area contributed by atoms with E-state index in [1.807, 2.05) is 36.8 Å². The molecule has 1 saturated heterocycles. The monoisotopic (exact) mass is 506 g/mol. The molecule has 186 valence electrons. The summed E-state index contributed by atoms with van der Waals surface area (Å²) in [6, 6.07) is 8.50. The Labute approximate surface area is 206 Å². The minimum atomic E-state index is -4.40. The van der Waals surface area contributed by atoms with Crippen LogP contribution in [-0.2, 0) is 6.18 Å². The summed E-state index contributed by atoms with van der Waals surface area (Å²) in [4.78, 5) is 24.2. The van der Waals surface area contributed by atoms with Gasteiger partial charge < -0.3 is 20.0 Å². The van der Waals surface area contributed by atoms with Gasteiger partial charge in [-0.3, -0.25) is 0 Å². The molecule has 4 rings (SSSR count). The van der Waals surface area contributed by atoms with Crippen LogP contribution in [0.4, 0.5) is 42.5 Å². The summed E-state index contributed by atoms with van der Waals surface area (Å²) in [5, 5.41) is 3.62. The quantitative estimate of drug-likeness (QED) is 0.508. The number of alkyl halides is 3. The number of hydrogen-bond donors (Lipinski definition) is 1. The maximum Gasteiger partial charge on any atom is 0.416 e. The Morgan fingerprint density at radius 3 is 2.23 bits per heavy atom. The molecular weight excluding hydrogens is 481 g/mol. The third kappa shape index (κ3) is 5.84. The Balaban J connectivity index is 1.56. The van der Waals surface area contributed by atoms with Gasteiger partial charge in [0, 0.05) is 51.2 Å². The first kappa shape index (κ1) is 24.8. The van der Waals surface area contributed by atoms with E-state index in [1.165, 1.54) is 12.1 Å². The van der Waals surface area contributed by atoms with Crippen LogP contribution in [0.2, 0.25) is 5.02 Å².